The fraction of sp³-hybridized carbons (Fsp3) is 0.722. The number of hydrogen-bond donors (Lipinski definition) is 5. The van der Waals surface area contributed by atoms with E-state index in [2.05, 4.69) is 9.69 Å². The van der Waals surface area contributed by atoms with Gasteiger partial charge in [-0.3, -0.25) is 43.2 Å². The number of nitrogens with zero attached hydrogens (tertiary/aromatic N) is 9. The number of aliphatic hydroxyl groups is 4. The van der Waals surface area contributed by atoms with Gasteiger partial charge in [-0.1, -0.05) is 0 Å². The van der Waals surface area contributed by atoms with Crippen LogP contribution in [0.5, 0.6) is 0 Å². The topological polar surface area (TPSA) is 632 Å². The highest BCUT2D eigenvalue weighted by atomic mass is 16.7. The van der Waals surface area contributed by atoms with E-state index in [1.54, 1.807) is 0 Å². The first-order chi connectivity index (χ1) is 57.1. The first-order valence-electron chi connectivity index (χ1n) is 36.7. The summed E-state index contributed by atoms with van der Waals surface area (Å²) in [4.78, 5) is 213. The quantitative estimate of drug-likeness (QED) is 0.0249. The first-order valence-corrected chi connectivity index (χ1v) is 36.7. The zero-order valence-electron chi connectivity index (χ0n) is 66.3. The van der Waals surface area contributed by atoms with Crippen LogP contribution in [0.15, 0.2) is 0 Å². The number of hydroxylamine groups is 8. The molecule has 4 rings (SSSR count). The molecule has 4 aliphatic rings. The molecule has 0 unspecified atom stereocenters. The molecule has 0 aromatic carbocycles. The fourth-order valence-corrected chi connectivity index (χ4v) is 9.15. The van der Waals surface area contributed by atoms with E-state index in [9.17, 15) is 62.3 Å². The van der Waals surface area contributed by atoms with Gasteiger partial charge < -0.3 is 111 Å². The number of carbonyl (C=O) groups is 13. The van der Waals surface area contributed by atoms with Gasteiger partial charge in [-0.25, -0.2) is 32.3 Å². The molecule has 8 amide bonds. The summed E-state index contributed by atoms with van der Waals surface area (Å²) in [7, 11) is 0. The van der Waals surface area contributed by atoms with E-state index in [0.717, 1.165) is 0 Å². The van der Waals surface area contributed by atoms with Crippen molar-refractivity contribution in [3.8, 4) is 18.2 Å². The summed E-state index contributed by atoms with van der Waals surface area (Å²) in [6.45, 7) is 18.8. The van der Waals surface area contributed by atoms with Gasteiger partial charge in [0, 0.05) is 64.6 Å². The maximum atomic E-state index is 12.3. The first kappa shape index (κ1) is 111. The lowest BCUT2D eigenvalue weighted by molar-refractivity contribution is -0.199. The van der Waals surface area contributed by atoms with E-state index in [4.69, 9.17) is 150 Å². The molecular weight excluding hydrogens is 1600 g/mol. The van der Waals surface area contributed by atoms with Crippen LogP contribution >= 0.6 is 0 Å². The molecule has 0 aromatic rings. The second-order valence-corrected chi connectivity index (χ2v) is 25.4. The van der Waals surface area contributed by atoms with E-state index < -0.39 is 151 Å². The summed E-state index contributed by atoms with van der Waals surface area (Å²) >= 11 is 0. The van der Waals surface area contributed by atoms with Gasteiger partial charge in [0.2, 0.25) is 13.1 Å². The number of ether oxygens (including phenoxy) is 12. The summed E-state index contributed by atoms with van der Waals surface area (Å²) in [6, 6.07) is 6.05. The van der Waals surface area contributed by atoms with Gasteiger partial charge in [-0.05, 0) is 13.8 Å². The highest BCUT2D eigenvalue weighted by molar-refractivity contribution is 6.03. The Kier molecular flexibility index (Phi) is 63.5. The smallest absolute Gasteiger partial charge is 0.373 e. The van der Waals surface area contributed by atoms with Crippen molar-refractivity contribution in [2.45, 2.75) is 117 Å². The van der Waals surface area contributed by atoms with E-state index in [-0.39, 0.29) is 189 Å². The standard InChI is InChI=1S/C33H40N4O20.C17H24N4O4.C15H27NO6.C5H12O4.2CO2/c38-21-1-2-22(39)34(21)54-29(46)9-13-50-17-33(18-51-14-10-30(47)55-35-23(40)3-4-24(35)41,19-52-15-11-31(48)56-36-25(42)5-6-26(36)43)20-53-16-12-32(49)57-37-27(44)7-8-28(37)45;1-20-7-11-24-15-17(13-22-9-3-5-18,14-23-10-4-6-19)16-25-12-8-21-2;1-3-19-10-15(11-20-4-2,12-21-8-5-7-16)13-22-9-6-14(17)18;6-1-5(2-7,3-8)4-9;2*2-1-3/h1-20H2;3-4,7-16H2;3-6,8-13H2,1-2H3,(H,17,18);6-9H,1-4H2;;. The predicted molar refractivity (Wildman–Crippen MR) is 382 cm³/mol. The molecule has 0 radical (unpaired) electrons. The van der Waals surface area contributed by atoms with Crippen molar-refractivity contribution in [3.63, 3.8) is 0 Å². The second kappa shape index (κ2) is 68.4. The normalized spacial score (nSPS) is 13.7. The monoisotopic (exact) mass is 1700 g/mol. The SMILES string of the molecule is CCOCC(COCC)(COCCC#N)COCCC(=O)O.O=C(CCOCC(COCCC(=O)ON1C(=O)CCC1=O)(COCCC(=O)ON1C(=O)CCC1=O)COCCC(=O)ON1C(=O)CCC1=O)ON1C(=O)CCC1=O.O=C=O.O=C=O.OCC(CO)(CO)CO.[C-]#[N+]CCOCC(COCCC#N)(COCCC#N)COCC[N+]#[C-]. The zero-order valence-corrected chi connectivity index (χ0v) is 66.3. The number of aliphatic carboxylic acids is 1. The van der Waals surface area contributed by atoms with Crippen molar-refractivity contribution >= 4 is 89.4 Å². The average molecular weight is 1700 g/mol. The van der Waals surface area contributed by atoms with Crippen LogP contribution in [0.1, 0.15) is 117 Å². The van der Waals surface area contributed by atoms with Crippen LogP contribution in [-0.4, -0.2) is 333 Å². The molecule has 0 spiro atoms. The summed E-state index contributed by atoms with van der Waals surface area (Å²) in [5.74, 6) is -10.3. The Labute approximate surface area is 683 Å². The van der Waals surface area contributed by atoms with Crippen LogP contribution in [0.4, 0.5) is 0 Å². The van der Waals surface area contributed by atoms with Crippen LogP contribution in [0.3, 0.4) is 0 Å². The molecule has 47 heteroatoms. The molecule has 0 saturated carbocycles. The number of imide groups is 4. The van der Waals surface area contributed by atoms with E-state index in [0.29, 0.717) is 92.7 Å². The van der Waals surface area contributed by atoms with Crippen LogP contribution in [0, 0.1) is 68.8 Å². The minimum atomic E-state index is -1.37. The van der Waals surface area contributed by atoms with Gasteiger partial charge in [-0.2, -0.15) is 35.0 Å². The molecular formula is C72H103N9O38. The third kappa shape index (κ3) is 50.1. The summed E-state index contributed by atoms with van der Waals surface area (Å²) in [6.07, 6.45) is -1.33. The Balaban J connectivity index is 0. The predicted octanol–water partition coefficient (Wildman–Crippen LogP) is -2.02. The van der Waals surface area contributed by atoms with Gasteiger partial charge in [0.05, 0.1) is 250 Å². The van der Waals surface area contributed by atoms with Crippen molar-refractivity contribution in [3.05, 3.63) is 22.8 Å². The Morgan fingerprint density at radius 2 is 0.521 bits per heavy atom. The van der Waals surface area contributed by atoms with Crippen molar-refractivity contribution in [1.82, 2.24) is 20.3 Å². The lowest BCUT2D eigenvalue weighted by atomic mass is 9.92. The number of carboxylic acids is 1. The molecule has 4 fully saturated rings. The van der Waals surface area contributed by atoms with Crippen LogP contribution in [0.2, 0.25) is 0 Å². The zero-order chi connectivity index (χ0) is 89.6. The maximum absolute atomic E-state index is 12.3. The van der Waals surface area contributed by atoms with Gasteiger partial charge >= 0.3 is 42.1 Å². The number of hydrogen-bond acceptors (Lipinski definition) is 40. The number of rotatable bonds is 59. The molecule has 4 aliphatic heterocycles. The Morgan fingerprint density at radius 3 is 0.689 bits per heavy atom. The summed E-state index contributed by atoms with van der Waals surface area (Å²) in [5.41, 5.74) is -3.60. The highest BCUT2D eigenvalue weighted by Crippen LogP contribution is 2.26. The van der Waals surface area contributed by atoms with E-state index in [1.165, 1.54) is 0 Å². The lowest BCUT2D eigenvalue weighted by Crippen LogP contribution is -2.42. The summed E-state index contributed by atoms with van der Waals surface area (Å²) < 4.78 is 67.1. The molecule has 4 heterocycles. The third-order valence-electron chi connectivity index (χ3n) is 15.5. The highest BCUT2D eigenvalue weighted by Gasteiger charge is 2.40. The molecule has 0 aromatic heterocycles. The average Bonchev–Trinajstić information content (AvgIpc) is 0.944. The van der Waals surface area contributed by atoms with Crippen molar-refractivity contribution < 1.29 is 183 Å². The number of nitriles is 3. The number of aliphatic hydroxyl groups excluding tert-OH is 4. The molecule has 0 aliphatic carbocycles. The number of amides is 8. The molecule has 47 nitrogen and oxygen atoms in total. The lowest BCUT2D eigenvalue weighted by Gasteiger charge is -2.33. The van der Waals surface area contributed by atoms with Crippen LogP contribution in [0.25, 0.3) is 9.69 Å². The number of carboxylic acid groups (broad SMARTS) is 1. The minimum absolute atomic E-state index is 0.0470. The van der Waals surface area contributed by atoms with Gasteiger partial charge in [-0.15, -0.1) is 20.3 Å². The molecule has 4 saturated heterocycles. The molecule has 119 heavy (non-hydrogen) atoms. The van der Waals surface area contributed by atoms with Crippen molar-refractivity contribution in [2.24, 2.45) is 21.7 Å². The Morgan fingerprint density at radius 1 is 0.336 bits per heavy atom. The number of carbonyl (C=O) groups excluding carboxylic acids is 16. The fourth-order valence-electron chi connectivity index (χ4n) is 9.15. The van der Waals surface area contributed by atoms with Crippen molar-refractivity contribution in [1.29, 1.82) is 15.8 Å². The van der Waals surface area contributed by atoms with Gasteiger partial charge in [0.1, 0.15) is 13.2 Å². The third-order valence-corrected chi connectivity index (χ3v) is 15.5. The molecule has 0 bridgehead atoms. The Hall–Kier alpha value is -10.5. The molecule has 0 atom stereocenters. The summed E-state index contributed by atoms with van der Waals surface area (Å²) in [5, 5.41) is 69.8. The second-order valence-electron chi connectivity index (χ2n) is 25.4. The van der Waals surface area contributed by atoms with E-state index in [1.807, 2.05) is 32.1 Å². The van der Waals surface area contributed by atoms with Gasteiger partial charge in [0.15, 0.2) is 0 Å². The van der Waals surface area contributed by atoms with Gasteiger partial charge in [0.25, 0.3) is 47.3 Å². The minimum Gasteiger partial charge on any atom is -0.481 e. The Bertz CT molecular complexity index is 2970. The molecule has 5 N–H and O–H groups in total. The molecule has 664 valence electrons. The van der Waals surface area contributed by atoms with Crippen LogP contribution in [-0.2, 0) is 158 Å². The van der Waals surface area contributed by atoms with Crippen LogP contribution < -0.4 is 0 Å². The van der Waals surface area contributed by atoms with E-state index >= 15 is 0 Å². The van der Waals surface area contributed by atoms with Crippen molar-refractivity contribution in [2.75, 3.05) is 198 Å². The largest absolute Gasteiger partial charge is 0.481 e. The maximum Gasteiger partial charge on any atom is 0.373 e.